The molecule has 12 heteroatoms. The van der Waals surface area contributed by atoms with Crippen LogP contribution in [0.2, 0.25) is 0 Å². The molecule has 1 rings (SSSR count). The topological polar surface area (TPSA) is 194 Å². The molecule has 0 aromatic heterocycles. The summed E-state index contributed by atoms with van der Waals surface area (Å²) in [5.41, 5.74) is 0. The molecule has 0 atom stereocenters. The molecule has 1 saturated carbocycles. The van der Waals surface area contributed by atoms with Crippen molar-refractivity contribution in [3.8, 4) is 0 Å². The Hall–Kier alpha value is -2.44. The summed E-state index contributed by atoms with van der Waals surface area (Å²) in [5, 5.41) is 0. The van der Waals surface area contributed by atoms with Crippen molar-refractivity contribution in [1.82, 2.24) is 0 Å². The van der Waals surface area contributed by atoms with Crippen molar-refractivity contribution in [3.63, 3.8) is 0 Å². The fourth-order valence-corrected chi connectivity index (χ4v) is 3.07. The molecule has 0 amide bonds. The van der Waals surface area contributed by atoms with Gasteiger partial charge in [-0.15, -0.1) is 0 Å². The Balaban J connectivity index is 0.00000110. The van der Waals surface area contributed by atoms with Crippen LogP contribution in [0.5, 0.6) is 0 Å². The second-order valence-electron chi connectivity index (χ2n) is 5.44. The highest BCUT2D eigenvalue weighted by atomic mass is 32.3. The van der Waals surface area contributed by atoms with Gasteiger partial charge in [0.1, 0.15) is 44.0 Å². The molecule has 0 saturated heterocycles. The third-order valence-corrected chi connectivity index (χ3v) is 4.21. The van der Waals surface area contributed by atoms with Crippen molar-refractivity contribution in [3.05, 3.63) is 0 Å². The average molecular weight is 392 g/mol. The summed E-state index contributed by atoms with van der Waals surface area (Å²) in [7, 11) is -4.67. The maximum Gasteiger partial charge on any atom is 0.394 e. The van der Waals surface area contributed by atoms with E-state index in [1.54, 1.807) is 0 Å². The fraction of sp³-hybridized carbons (Fsp3) is 0.500. The number of rotatable bonds is 7. The Morgan fingerprint density at radius 2 is 0.500 bits per heavy atom. The Bertz CT molecular complexity index is 516. The first-order valence-corrected chi connectivity index (χ1v) is 8.41. The highest BCUT2D eigenvalue weighted by molar-refractivity contribution is 7.79. The lowest BCUT2D eigenvalue weighted by Gasteiger charge is -2.24. The lowest BCUT2D eigenvalue weighted by atomic mass is 9.75. The zero-order valence-corrected chi connectivity index (χ0v) is 13.9. The molecule has 0 heterocycles. The highest BCUT2D eigenvalue weighted by Gasteiger charge is 2.50. The van der Waals surface area contributed by atoms with Crippen molar-refractivity contribution < 1.29 is 51.1 Å². The minimum absolute atomic E-state index is 0.320. The number of carbonyl (C=O) groups is 7. The van der Waals surface area contributed by atoms with Crippen LogP contribution in [-0.4, -0.2) is 61.5 Å². The van der Waals surface area contributed by atoms with Crippen molar-refractivity contribution in [1.29, 1.82) is 0 Å². The van der Waals surface area contributed by atoms with E-state index in [0.29, 0.717) is 44.0 Å². The van der Waals surface area contributed by atoms with E-state index < -0.39 is 51.8 Å². The van der Waals surface area contributed by atoms with Gasteiger partial charge in [-0.05, 0) is 0 Å². The van der Waals surface area contributed by atoms with Gasteiger partial charge in [-0.2, -0.15) is 8.42 Å². The molecule has 26 heavy (non-hydrogen) atoms. The average Bonchev–Trinajstić information content (AvgIpc) is 2.69. The van der Waals surface area contributed by atoms with Gasteiger partial charge in [0, 0.05) is 41.4 Å². The van der Waals surface area contributed by atoms with Crippen LogP contribution in [0.4, 0.5) is 0 Å². The molecule has 11 nitrogen and oxygen atoms in total. The van der Waals surface area contributed by atoms with Crippen LogP contribution in [0, 0.1) is 41.4 Å². The molecule has 0 aromatic carbocycles. The molecule has 0 spiro atoms. The fourth-order valence-electron chi connectivity index (χ4n) is 3.07. The van der Waals surface area contributed by atoms with Crippen LogP contribution in [0.15, 0.2) is 0 Å². The van der Waals surface area contributed by atoms with Gasteiger partial charge in [0.2, 0.25) is 0 Å². The number of hydrogen-bond acceptors (Lipinski definition) is 9. The van der Waals surface area contributed by atoms with E-state index in [1.807, 2.05) is 0 Å². The van der Waals surface area contributed by atoms with Crippen LogP contribution in [0.1, 0.15) is 0 Å². The Labute approximate surface area is 147 Å². The van der Waals surface area contributed by atoms with E-state index in [1.165, 1.54) is 0 Å². The van der Waals surface area contributed by atoms with E-state index in [0.717, 1.165) is 0 Å². The molecule has 1 aliphatic rings. The van der Waals surface area contributed by atoms with Gasteiger partial charge in [-0.25, -0.2) is 0 Å². The monoisotopic (exact) mass is 392 g/mol. The van der Waals surface area contributed by atoms with Crippen molar-refractivity contribution in [2.75, 3.05) is 0 Å². The van der Waals surface area contributed by atoms with Gasteiger partial charge in [0.15, 0.2) is 0 Å². The summed E-state index contributed by atoms with van der Waals surface area (Å²) in [5.74, 6) is -8.57. The van der Waals surface area contributed by atoms with E-state index in [2.05, 4.69) is 0 Å². The van der Waals surface area contributed by atoms with Crippen LogP contribution in [0.3, 0.4) is 0 Å². The first-order valence-electron chi connectivity index (χ1n) is 7.02. The molecule has 0 aliphatic heterocycles. The van der Waals surface area contributed by atoms with Gasteiger partial charge < -0.3 is 33.6 Å². The predicted molar refractivity (Wildman–Crippen MR) is 81.1 cm³/mol. The van der Waals surface area contributed by atoms with Crippen molar-refractivity contribution in [2.45, 2.75) is 0 Å². The van der Waals surface area contributed by atoms with Gasteiger partial charge in [-0.3, -0.25) is 9.11 Å². The molecular weight excluding hydrogens is 376 g/mol. The lowest BCUT2D eigenvalue weighted by Crippen LogP contribution is -2.34. The van der Waals surface area contributed by atoms with Gasteiger partial charge in [0.25, 0.3) is 0 Å². The van der Waals surface area contributed by atoms with E-state index in [4.69, 9.17) is 17.5 Å². The summed E-state index contributed by atoms with van der Waals surface area (Å²) in [6, 6.07) is 0. The standard InChI is InChI=1S/C14H14O7.H2O4S/c15-1-8-9(2-16)11(4-18)13(6-20)14(7-21)12(5-19)10(8)3-17;1-5(2,3)4/h1-14H;(H2,1,2,3,4). The zero-order chi connectivity index (χ0) is 20.5. The van der Waals surface area contributed by atoms with Crippen LogP contribution < -0.4 is 0 Å². The van der Waals surface area contributed by atoms with Crippen LogP contribution >= 0.6 is 0 Å². The van der Waals surface area contributed by atoms with Crippen molar-refractivity contribution in [2.24, 2.45) is 41.4 Å². The lowest BCUT2D eigenvalue weighted by molar-refractivity contribution is -0.131. The predicted octanol–water partition coefficient (Wildman–Crippen LogP) is -1.95. The molecule has 0 unspecified atom stereocenters. The Morgan fingerprint density at radius 3 is 0.538 bits per heavy atom. The molecule has 2 N–H and O–H groups in total. The second kappa shape index (κ2) is 10.5. The minimum Gasteiger partial charge on any atom is -0.303 e. The Morgan fingerprint density at radius 1 is 0.423 bits per heavy atom. The quantitative estimate of drug-likeness (QED) is 0.278. The summed E-state index contributed by atoms with van der Waals surface area (Å²) in [4.78, 5) is 78.7. The van der Waals surface area contributed by atoms with Crippen LogP contribution in [0.25, 0.3) is 0 Å². The maximum absolute atomic E-state index is 11.2. The number of carbonyl (C=O) groups excluding carboxylic acids is 7. The normalized spacial score (nSPS) is 34.0. The maximum atomic E-state index is 11.2. The minimum atomic E-state index is -4.67. The molecule has 1 fully saturated rings. The summed E-state index contributed by atoms with van der Waals surface area (Å²) in [6.07, 6.45) is 2.24. The summed E-state index contributed by atoms with van der Waals surface area (Å²) < 4.78 is 31.6. The second-order valence-corrected chi connectivity index (χ2v) is 6.34. The van der Waals surface area contributed by atoms with E-state index in [-0.39, 0.29) is 0 Å². The molecule has 0 bridgehead atoms. The largest absolute Gasteiger partial charge is 0.394 e. The zero-order valence-electron chi connectivity index (χ0n) is 13.1. The molecule has 0 aromatic rings. The SMILES string of the molecule is O=CC1C(C=O)C(C=O)C(C=O)C(C=O)C(C=O)C1C=O.O=S(=O)(O)O. The number of aldehydes is 7. The molecular formula is C14H16O11S. The summed E-state index contributed by atoms with van der Waals surface area (Å²) in [6.45, 7) is 0. The van der Waals surface area contributed by atoms with Crippen molar-refractivity contribution >= 4 is 54.4 Å². The number of hydrogen-bond donors (Lipinski definition) is 2. The van der Waals surface area contributed by atoms with Gasteiger partial charge in [0.05, 0.1) is 0 Å². The van der Waals surface area contributed by atoms with Gasteiger partial charge >= 0.3 is 10.4 Å². The molecule has 1 aliphatic carbocycles. The van der Waals surface area contributed by atoms with Crippen LogP contribution in [-0.2, 0) is 44.0 Å². The smallest absolute Gasteiger partial charge is 0.303 e. The molecule has 144 valence electrons. The molecule has 0 radical (unpaired) electrons. The highest BCUT2D eigenvalue weighted by Crippen LogP contribution is 2.41. The third-order valence-electron chi connectivity index (χ3n) is 4.21. The van der Waals surface area contributed by atoms with Gasteiger partial charge in [-0.1, -0.05) is 0 Å². The first-order chi connectivity index (χ1) is 12.1. The third kappa shape index (κ3) is 5.82. The Kier molecular flexibility index (Phi) is 9.54. The van der Waals surface area contributed by atoms with E-state index in [9.17, 15) is 33.6 Å². The first kappa shape index (κ1) is 23.6. The summed E-state index contributed by atoms with van der Waals surface area (Å²) >= 11 is 0. The van der Waals surface area contributed by atoms with E-state index >= 15 is 0 Å².